The fourth-order valence-electron chi connectivity index (χ4n) is 3.60. The highest BCUT2D eigenvalue weighted by Gasteiger charge is 2.32. The van der Waals surface area contributed by atoms with Crippen molar-refractivity contribution >= 4 is 50.7 Å². The monoisotopic (exact) mass is 547 g/mol. The predicted molar refractivity (Wildman–Crippen MR) is 143 cm³/mol. The Morgan fingerprint density at radius 2 is 1.64 bits per heavy atom. The molecule has 7 nitrogen and oxygen atoms in total. The summed E-state index contributed by atoms with van der Waals surface area (Å²) in [6.45, 7) is 2.89. The number of aryl methyl sites for hydroxylation is 1. The zero-order valence-electron chi connectivity index (χ0n) is 20.1. The molecule has 0 aliphatic carbocycles. The number of hydrogen-bond acceptors (Lipinski definition) is 4. The number of nitrogens with zero attached hydrogens (tertiary/aromatic N) is 2. The van der Waals surface area contributed by atoms with Gasteiger partial charge in [0.05, 0.1) is 10.6 Å². The van der Waals surface area contributed by atoms with Crippen LogP contribution in [0.5, 0.6) is 0 Å². The normalized spacial score (nSPS) is 12.0. The molecule has 190 valence electrons. The maximum atomic E-state index is 13.7. The van der Waals surface area contributed by atoms with Crippen LogP contribution < -0.4 is 9.62 Å². The zero-order valence-corrected chi connectivity index (χ0v) is 22.4. The predicted octanol–water partition coefficient (Wildman–Crippen LogP) is 4.66. The van der Waals surface area contributed by atoms with Gasteiger partial charge in [0, 0.05) is 23.6 Å². The van der Waals surface area contributed by atoms with Crippen molar-refractivity contribution in [2.24, 2.45) is 0 Å². The quantitative estimate of drug-likeness (QED) is 0.422. The lowest BCUT2D eigenvalue weighted by molar-refractivity contribution is -0.139. The SMILES string of the molecule is CNC(=O)C(C)N(Cc1ccccc1Cl)C(=O)CN(c1cccc(Cl)c1)S(=O)(=O)c1ccc(C)cc1. The number of amides is 2. The van der Waals surface area contributed by atoms with Gasteiger partial charge in [0.25, 0.3) is 10.0 Å². The lowest BCUT2D eigenvalue weighted by Gasteiger charge is -2.32. The average Bonchev–Trinajstić information content (AvgIpc) is 2.85. The Kier molecular flexibility index (Phi) is 9.00. The number of likely N-dealkylation sites (N-methyl/N-ethyl adjacent to an activating group) is 1. The fourth-order valence-corrected chi connectivity index (χ4v) is 5.39. The van der Waals surface area contributed by atoms with E-state index in [0.29, 0.717) is 15.6 Å². The number of rotatable bonds is 9. The van der Waals surface area contributed by atoms with Crippen molar-refractivity contribution < 1.29 is 18.0 Å². The second-order valence-electron chi connectivity index (χ2n) is 8.21. The van der Waals surface area contributed by atoms with Crippen molar-refractivity contribution in [3.63, 3.8) is 0 Å². The van der Waals surface area contributed by atoms with Crippen molar-refractivity contribution in [2.75, 3.05) is 17.9 Å². The van der Waals surface area contributed by atoms with Crippen LogP contribution in [0.1, 0.15) is 18.1 Å². The van der Waals surface area contributed by atoms with Gasteiger partial charge in [0.15, 0.2) is 0 Å². The summed E-state index contributed by atoms with van der Waals surface area (Å²) in [4.78, 5) is 27.5. The van der Waals surface area contributed by atoms with Crippen molar-refractivity contribution in [3.05, 3.63) is 94.0 Å². The average molecular weight is 548 g/mol. The molecule has 1 atom stereocenters. The fraction of sp³-hybridized carbons (Fsp3) is 0.231. The number of benzene rings is 3. The molecule has 3 aromatic carbocycles. The van der Waals surface area contributed by atoms with Gasteiger partial charge in [-0.1, -0.05) is 65.2 Å². The van der Waals surface area contributed by atoms with Crippen LogP contribution in [0.3, 0.4) is 0 Å². The first-order valence-electron chi connectivity index (χ1n) is 11.1. The third kappa shape index (κ3) is 6.37. The van der Waals surface area contributed by atoms with Crippen LogP contribution >= 0.6 is 23.2 Å². The molecule has 0 fully saturated rings. The first kappa shape index (κ1) is 27.5. The first-order valence-corrected chi connectivity index (χ1v) is 13.3. The van der Waals surface area contributed by atoms with E-state index in [1.54, 1.807) is 61.5 Å². The molecule has 0 aliphatic heterocycles. The van der Waals surface area contributed by atoms with Gasteiger partial charge >= 0.3 is 0 Å². The minimum atomic E-state index is -4.15. The van der Waals surface area contributed by atoms with E-state index in [-0.39, 0.29) is 17.1 Å². The summed E-state index contributed by atoms with van der Waals surface area (Å²) in [5, 5.41) is 3.28. The molecular formula is C26H27Cl2N3O4S. The van der Waals surface area contributed by atoms with E-state index in [4.69, 9.17) is 23.2 Å². The van der Waals surface area contributed by atoms with Crippen LogP contribution in [0.25, 0.3) is 0 Å². The van der Waals surface area contributed by atoms with Gasteiger partial charge in [0.2, 0.25) is 11.8 Å². The standard InChI is InChI=1S/C26H27Cl2N3O4S/c1-18-11-13-23(14-12-18)36(34,35)31(22-9-6-8-21(27)15-22)17-25(32)30(19(2)26(33)29-3)16-20-7-4-5-10-24(20)28/h4-15,19H,16-17H2,1-3H3,(H,29,33). The summed E-state index contributed by atoms with van der Waals surface area (Å²) >= 11 is 12.5. The largest absolute Gasteiger partial charge is 0.357 e. The summed E-state index contributed by atoms with van der Waals surface area (Å²) in [7, 11) is -2.68. The number of halogens is 2. The van der Waals surface area contributed by atoms with Gasteiger partial charge in [-0.3, -0.25) is 13.9 Å². The number of nitrogens with one attached hydrogen (secondary N) is 1. The Labute approximate surface area is 221 Å². The number of carbonyl (C=O) groups is 2. The van der Waals surface area contributed by atoms with Gasteiger partial charge in [-0.05, 0) is 55.8 Å². The smallest absolute Gasteiger partial charge is 0.264 e. The van der Waals surface area contributed by atoms with Gasteiger partial charge in [-0.25, -0.2) is 8.42 Å². The van der Waals surface area contributed by atoms with E-state index in [0.717, 1.165) is 9.87 Å². The number of carbonyl (C=O) groups excluding carboxylic acids is 2. The molecule has 10 heteroatoms. The minimum absolute atomic E-state index is 0.0149. The van der Waals surface area contributed by atoms with Crippen molar-refractivity contribution in [2.45, 2.75) is 31.3 Å². The summed E-state index contributed by atoms with van der Waals surface area (Å²) in [5.74, 6) is -0.979. The van der Waals surface area contributed by atoms with E-state index < -0.39 is 34.4 Å². The maximum Gasteiger partial charge on any atom is 0.264 e. The van der Waals surface area contributed by atoms with Gasteiger partial charge in [-0.2, -0.15) is 0 Å². The van der Waals surface area contributed by atoms with Crippen molar-refractivity contribution in [1.29, 1.82) is 0 Å². The minimum Gasteiger partial charge on any atom is -0.357 e. The Morgan fingerprint density at radius 1 is 0.972 bits per heavy atom. The topological polar surface area (TPSA) is 86.8 Å². The molecule has 0 aliphatic rings. The maximum absolute atomic E-state index is 13.7. The van der Waals surface area contributed by atoms with E-state index in [1.807, 2.05) is 6.92 Å². The first-order chi connectivity index (χ1) is 17.0. The van der Waals surface area contributed by atoms with Crippen LogP contribution in [-0.4, -0.2) is 44.8 Å². The van der Waals surface area contributed by atoms with Gasteiger partial charge in [-0.15, -0.1) is 0 Å². The molecule has 3 rings (SSSR count). The summed E-state index contributed by atoms with van der Waals surface area (Å²) in [5.41, 5.74) is 1.74. The highest BCUT2D eigenvalue weighted by atomic mass is 35.5. The Bertz CT molecular complexity index is 1350. The summed E-state index contributed by atoms with van der Waals surface area (Å²) in [6, 6.07) is 18.7. The van der Waals surface area contributed by atoms with Gasteiger partial charge < -0.3 is 10.2 Å². The highest BCUT2D eigenvalue weighted by molar-refractivity contribution is 7.92. The Morgan fingerprint density at radius 3 is 2.25 bits per heavy atom. The molecule has 36 heavy (non-hydrogen) atoms. The van der Waals surface area contributed by atoms with Crippen molar-refractivity contribution in [1.82, 2.24) is 10.2 Å². The number of hydrogen-bond donors (Lipinski definition) is 1. The van der Waals surface area contributed by atoms with Gasteiger partial charge in [0.1, 0.15) is 12.6 Å². The lowest BCUT2D eigenvalue weighted by atomic mass is 10.1. The van der Waals surface area contributed by atoms with Crippen LogP contribution in [0, 0.1) is 6.92 Å². The molecule has 1 unspecified atom stereocenters. The molecule has 0 spiro atoms. The second-order valence-corrected chi connectivity index (χ2v) is 10.9. The second kappa shape index (κ2) is 11.8. The molecule has 0 bridgehead atoms. The molecule has 0 saturated heterocycles. The third-order valence-corrected chi connectivity index (χ3v) is 8.09. The Hall–Kier alpha value is -3.07. The highest BCUT2D eigenvalue weighted by Crippen LogP contribution is 2.27. The summed E-state index contributed by atoms with van der Waals surface area (Å²) in [6.07, 6.45) is 0. The number of anilines is 1. The molecule has 3 aromatic rings. The van der Waals surface area contributed by atoms with Crippen LogP contribution in [0.4, 0.5) is 5.69 Å². The molecule has 0 saturated carbocycles. The van der Waals surface area contributed by atoms with Crippen LogP contribution in [0.2, 0.25) is 10.0 Å². The van der Waals surface area contributed by atoms with Crippen LogP contribution in [0.15, 0.2) is 77.7 Å². The van der Waals surface area contributed by atoms with E-state index in [9.17, 15) is 18.0 Å². The third-order valence-electron chi connectivity index (χ3n) is 5.70. The molecule has 2 amide bonds. The summed E-state index contributed by atoms with van der Waals surface area (Å²) < 4.78 is 28.4. The molecule has 1 N–H and O–H groups in total. The molecule has 0 radical (unpaired) electrons. The molecule has 0 heterocycles. The zero-order chi connectivity index (χ0) is 26.5. The van der Waals surface area contributed by atoms with E-state index in [2.05, 4.69) is 5.32 Å². The van der Waals surface area contributed by atoms with E-state index >= 15 is 0 Å². The molecular weight excluding hydrogens is 521 g/mol. The Balaban J connectivity index is 2.05. The molecule has 0 aromatic heterocycles. The van der Waals surface area contributed by atoms with Crippen LogP contribution in [-0.2, 0) is 26.2 Å². The van der Waals surface area contributed by atoms with E-state index in [1.165, 1.54) is 30.1 Å². The lowest BCUT2D eigenvalue weighted by Crippen LogP contribution is -2.50. The van der Waals surface area contributed by atoms with Crippen molar-refractivity contribution in [3.8, 4) is 0 Å². The number of sulfonamides is 1.